The van der Waals surface area contributed by atoms with Crippen molar-refractivity contribution in [2.45, 2.75) is 56.7 Å². The highest BCUT2D eigenvalue weighted by Gasteiger charge is 2.28. The Morgan fingerprint density at radius 1 is 0.800 bits per heavy atom. The molecule has 14 heteroatoms. The van der Waals surface area contributed by atoms with E-state index in [1.54, 1.807) is 0 Å². The summed E-state index contributed by atoms with van der Waals surface area (Å²) in [5, 5.41) is 31.0. The van der Waals surface area contributed by atoms with Crippen molar-refractivity contribution >= 4 is 35.7 Å². The standard InChI is InChI=1S/C16H28N6O8/c17-8(2-1-7-20-16(18)19)13(27)21-9(3-5-11(23)24)14(28)22-10(15(29)30)4-6-12(25)26/h8-10H,1-7,17H2,(H,21,27)(H,22,28)(H,23,24)(H,25,26)(H,29,30)(H4,18,19,20)/t8-,9-,10-/m0/s1. The van der Waals surface area contributed by atoms with Crippen molar-refractivity contribution in [2.24, 2.45) is 22.2 Å². The number of hydrogen-bond donors (Lipinski definition) is 8. The zero-order chi connectivity index (χ0) is 23.3. The fourth-order valence-electron chi connectivity index (χ4n) is 2.26. The first kappa shape index (κ1) is 26.6. The van der Waals surface area contributed by atoms with Gasteiger partial charge in [0.1, 0.15) is 12.1 Å². The zero-order valence-electron chi connectivity index (χ0n) is 16.2. The number of carbonyl (C=O) groups is 5. The first-order valence-corrected chi connectivity index (χ1v) is 9.02. The number of carboxylic acids is 3. The number of aliphatic imine (C=N–C) groups is 1. The summed E-state index contributed by atoms with van der Waals surface area (Å²) in [5.41, 5.74) is 16.1. The summed E-state index contributed by atoms with van der Waals surface area (Å²) < 4.78 is 0. The molecule has 2 amide bonds. The van der Waals surface area contributed by atoms with Crippen LogP contribution in [0, 0.1) is 0 Å². The first-order valence-electron chi connectivity index (χ1n) is 9.02. The van der Waals surface area contributed by atoms with Gasteiger partial charge in [0.05, 0.1) is 6.04 Å². The quantitative estimate of drug-likeness (QED) is 0.0741. The minimum atomic E-state index is -1.52. The van der Waals surface area contributed by atoms with Crippen LogP contribution in [0.1, 0.15) is 38.5 Å². The summed E-state index contributed by atoms with van der Waals surface area (Å²) in [6.45, 7) is 0.232. The number of nitrogens with one attached hydrogen (secondary N) is 2. The summed E-state index contributed by atoms with van der Waals surface area (Å²) in [6.07, 6.45) is -1.16. The van der Waals surface area contributed by atoms with Gasteiger partial charge >= 0.3 is 17.9 Å². The molecule has 14 nitrogen and oxygen atoms in total. The van der Waals surface area contributed by atoms with Crippen LogP contribution < -0.4 is 27.8 Å². The van der Waals surface area contributed by atoms with E-state index >= 15 is 0 Å². The second-order valence-electron chi connectivity index (χ2n) is 6.38. The van der Waals surface area contributed by atoms with E-state index in [4.69, 9.17) is 32.5 Å². The zero-order valence-corrected chi connectivity index (χ0v) is 16.2. The molecule has 30 heavy (non-hydrogen) atoms. The van der Waals surface area contributed by atoms with Crippen molar-refractivity contribution < 1.29 is 39.3 Å². The monoisotopic (exact) mass is 432 g/mol. The van der Waals surface area contributed by atoms with Crippen LogP contribution in [-0.2, 0) is 24.0 Å². The smallest absolute Gasteiger partial charge is 0.326 e. The van der Waals surface area contributed by atoms with Crippen molar-refractivity contribution in [2.75, 3.05) is 6.54 Å². The van der Waals surface area contributed by atoms with Crippen molar-refractivity contribution in [3.8, 4) is 0 Å². The molecule has 11 N–H and O–H groups in total. The van der Waals surface area contributed by atoms with Gasteiger partial charge in [-0.2, -0.15) is 0 Å². The lowest BCUT2D eigenvalue weighted by Crippen LogP contribution is -2.54. The van der Waals surface area contributed by atoms with Gasteiger partial charge in [0.2, 0.25) is 11.8 Å². The number of carbonyl (C=O) groups excluding carboxylic acids is 2. The minimum absolute atomic E-state index is 0.116. The molecule has 0 aromatic carbocycles. The maximum atomic E-state index is 12.4. The van der Waals surface area contributed by atoms with Crippen molar-refractivity contribution in [3.05, 3.63) is 0 Å². The molecule has 0 saturated heterocycles. The number of nitrogens with two attached hydrogens (primary N) is 3. The highest BCUT2D eigenvalue weighted by molar-refractivity contribution is 5.92. The number of hydrogen-bond acceptors (Lipinski definition) is 7. The first-order chi connectivity index (χ1) is 13.9. The van der Waals surface area contributed by atoms with Gasteiger partial charge in [-0.1, -0.05) is 0 Å². The van der Waals surface area contributed by atoms with Gasteiger partial charge in [0, 0.05) is 19.4 Å². The summed E-state index contributed by atoms with van der Waals surface area (Å²) in [4.78, 5) is 61.0. The lowest BCUT2D eigenvalue weighted by Gasteiger charge is -2.22. The Morgan fingerprint density at radius 3 is 1.77 bits per heavy atom. The molecular weight excluding hydrogens is 404 g/mol. The largest absolute Gasteiger partial charge is 0.481 e. The SMILES string of the molecule is NC(N)=NCCC[C@H](N)C(=O)N[C@@H](CCC(=O)O)C(=O)N[C@@H](CCC(=O)O)C(=O)O. The van der Waals surface area contributed by atoms with Crippen LogP contribution in [0.15, 0.2) is 4.99 Å². The van der Waals surface area contributed by atoms with Crippen LogP contribution in [0.2, 0.25) is 0 Å². The number of carboxylic acid groups (broad SMARTS) is 3. The molecule has 3 atom stereocenters. The Morgan fingerprint density at radius 2 is 1.30 bits per heavy atom. The van der Waals surface area contributed by atoms with E-state index in [2.05, 4.69) is 15.6 Å². The lowest BCUT2D eigenvalue weighted by atomic mass is 10.1. The molecule has 0 aromatic rings. The Hall–Kier alpha value is -3.42. The Kier molecular flexibility index (Phi) is 12.1. The van der Waals surface area contributed by atoms with Crippen LogP contribution in [0.25, 0.3) is 0 Å². The Balaban J connectivity index is 5.01. The highest BCUT2D eigenvalue weighted by atomic mass is 16.4. The third-order valence-electron chi connectivity index (χ3n) is 3.85. The molecular formula is C16H28N6O8. The van der Waals surface area contributed by atoms with E-state index in [0.717, 1.165) is 0 Å². The normalized spacial score (nSPS) is 13.4. The molecule has 0 heterocycles. The van der Waals surface area contributed by atoms with Crippen molar-refractivity contribution in [1.82, 2.24) is 10.6 Å². The van der Waals surface area contributed by atoms with Crippen LogP contribution in [-0.4, -0.2) is 75.7 Å². The average molecular weight is 432 g/mol. The number of aliphatic carboxylic acids is 3. The summed E-state index contributed by atoms with van der Waals surface area (Å²) >= 11 is 0. The fourth-order valence-corrected chi connectivity index (χ4v) is 2.26. The number of rotatable bonds is 15. The maximum absolute atomic E-state index is 12.4. The highest BCUT2D eigenvalue weighted by Crippen LogP contribution is 2.04. The number of nitrogens with zero attached hydrogens (tertiary/aromatic N) is 1. The fraction of sp³-hybridized carbons (Fsp3) is 0.625. The van der Waals surface area contributed by atoms with E-state index in [1.807, 2.05) is 0 Å². The molecule has 0 aliphatic rings. The molecule has 0 aliphatic heterocycles. The van der Waals surface area contributed by atoms with Gasteiger partial charge in [-0.25, -0.2) is 4.79 Å². The van der Waals surface area contributed by atoms with Gasteiger partial charge in [-0.05, 0) is 25.7 Å². The predicted molar refractivity (Wildman–Crippen MR) is 103 cm³/mol. The van der Waals surface area contributed by atoms with Gasteiger partial charge in [0.15, 0.2) is 5.96 Å². The summed E-state index contributed by atoms with van der Waals surface area (Å²) in [5.74, 6) is -5.78. The second kappa shape index (κ2) is 13.7. The van der Waals surface area contributed by atoms with E-state index in [-0.39, 0.29) is 31.8 Å². The predicted octanol–water partition coefficient (Wildman–Crippen LogP) is -2.85. The molecule has 170 valence electrons. The van der Waals surface area contributed by atoms with Gasteiger partial charge in [-0.15, -0.1) is 0 Å². The Labute approximate surface area is 171 Å². The van der Waals surface area contributed by atoms with E-state index in [1.165, 1.54) is 0 Å². The third-order valence-corrected chi connectivity index (χ3v) is 3.85. The van der Waals surface area contributed by atoms with E-state index in [9.17, 15) is 24.0 Å². The average Bonchev–Trinajstić information content (AvgIpc) is 2.64. The number of guanidine groups is 1. The molecule has 0 spiro atoms. The molecule has 0 saturated carbocycles. The van der Waals surface area contributed by atoms with Crippen LogP contribution in [0.4, 0.5) is 0 Å². The third kappa shape index (κ3) is 12.1. The summed E-state index contributed by atoms with van der Waals surface area (Å²) in [7, 11) is 0. The summed E-state index contributed by atoms with van der Waals surface area (Å²) in [6, 6.07) is -3.93. The van der Waals surface area contributed by atoms with E-state index in [0.29, 0.717) is 6.42 Å². The maximum Gasteiger partial charge on any atom is 0.326 e. The lowest BCUT2D eigenvalue weighted by molar-refractivity contribution is -0.144. The van der Waals surface area contributed by atoms with Crippen molar-refractivity contribution in [3.63, 3.8) is 0 Å². The molecule has 0 radical (unpaired) electrons. The molecule has 0 aliphatic carbocycles. The molecule has 0 bridgehead atoms. The van der Waals surface area contributed by atoms with Crippen LogP contribution in [0.3, 0.4) is 0 Å². The Bertz CT molecular complexity index is 664. The molecule has 0 fully saturated rings. The minimum Gasteiger partial charge on any atom is -0.481 e. The molecule has 0 rings (SSSR count). The van der Waals surface area contributed by atoms with Crippen molar-refractivity contribution in [1.29, 1.82) is 0 Å². The second-order valence-corrected chi connectivity index (χ2v) is 6.38. The van der Waals surface area contributed by atoms with Gasteiger partial charge in [0.25, 0.3) is 0 Å². The van der Waals surface area contributed by atoms with Crippen LogP contribution in [0.5, 0.6) is 0 Å². The van der Waals surface area contributed by atoms with Gasteiger partial charge in [-0.3, -0.25) is 24.2 Å². The van der Waals surface area contributed by atoms with E-state index < -0.39 is 60.7 Å². The van der Waals surface area contributed by atoms with Gasteiger partial charge < -0.3 is 43.2 Å². The van der Waals surface area contributed by atoms with Crippen LogP contribution >= 0.6 is 0 Å². The molecule has 0 unspecified atom stereocenters. The topological polar surface area (TPSA) is 261 Å². The molecule has 0 aromatic heterocycles. The number of amides is 2.